The number of aromatic nitrogens is 6. The number of anilines is 1. The van der Waals surface area contributed by atoms with Gasteiger partial charge >= 0.3 is 12.4 Å². The second-order valence-electron chi connectivity index (χ2n) is 7.09. The van der Waals surface area contributed by atoms with Gasteiger partial charge in [0.2, 0.25) is 5.91 Å². The number of carbonyl (C=O) groups is 1. The first-order chi connectivity index (χ1) is 16.5. The van der Waals surface area contributed by atoms with Crippen LogP contribution in [0.1, 0.15) is 11.4 Å². The third-order valence-corrected chi connectivity index (χ3v) is 4.59. The molecule has 0 radical (unpaired) electrons. The number of amides is 1. The lowest BCUT2D eigenvalue weighted by Gasteiger charge is -2.09. The van der Waals surface area contributed by atoms with Crippen molar-refractivity contribution in [2.75, 3.05) is 5.32 Å². The van der Waals surface area contributed by atoms with Gasteiger partial charge in [0.05, 0.1) is 11.9 Å². The molecule has 35 heavy (non-hydrogen) atoms. The number of nitrogens with zero attached hydrogens (tertiary/aromatic N) is 6. The average molecular weight is 493 g/mol. The largest absolute Gasteiger partial charge is 0.435 e. The Morgan fingerprint density at radius 2 is 1.69 bits per heavy atom. The van der Waals surface area contributed by atoms with E-state index < -0.39 is 47.3 Å². The van der Waals surface area contributed by atoms with Crippen molar-refractivity contribution in [3.63, 3.8) is 0 Å². The van der Waals surface area contributed by atoms with Crippen LogP contribution in [0.4, 0.5) is 32.2 Å². The molecule has 0 unspecified atom stereocenters. The molecule has 0 aliphatic carbocycles. The van der Waals surface area contributed by atoms with Crippen molar-refractivity contribution in [3.8, 4) is 22.4 Å². The van der Waals surface area contributed by atoms with Crippen LogP contribution >= 0.6 is 0 Å². The van der Waals surface area contributed by atoms with Crippen molar-refractivity contribution in [2.45, 2.75) is 18.9 Å². The summed E-state index contributed by atoms with van der Waals surface area (Å²) in [5.74, 6) is -0.631. The summed E-state index contributed by atoms with van der Waals surface area (Å²) in [7, 11) is 0. The first-order valence-corrected chi connectivity index (χ1v) is 9.71. The van der Waals surface area contributed by atoms with Gasteiger partial charge in [0, 0.05) is 42.1 Å². The molecule has 0 saturated carbocycles. The molecule has 0 spiro atoms. The molecule has 4 rings (SSSR count). The zero-order valence-electron chi connectivity index (χ0n) is 17.3. The van der Waals surface area contributed by atoms with E-state index in [1.807, 2.05) is 0 Å². The van der Waals surface area contributed by atoms with Gasteiger partial charge in [0.15, 0.2) is 5.69 Å². The Labute approximate surface area is 192 Å². The van der Waals surface area contributed by atoms with E-state index in [9.17, 15) is 31.1 Å². The second kappa shape index (κ2) is 9.12. The molecule has 14 heteroatoms. The number of nitrogens with one attached hydrogen (secondary N) is 1. The smallest absolute Gasteiger partial charge is 0.309 e. The predicted octanol–water partition coefficient (Wildman–Crippen LogP) is 4.47. The maximum atomic E-state index is 13.5. The molecular weight excluding hydrogens is 480 g/mol. The van der Waals surface area contributed by atoms with Gasteiger partial charge in [0.1, 0.15) is 18.1 Å². The number of hydrogen-bond donors (Lipinski definition) is 1. The molecule has 4 aromatic heterocycles. The molecule has 0 aliphatic heterocycles. The van der Waals surface area contributed by atoms with Gasteiger partial charge in [-0.2, -0.15) is 31.4 Å². The van der Waals surface area contributed by atoms with Gasteiger partial charge in [-0.25, -0.2) is 4.98 Å². The molecule has 0 bridgehead atoms. The van der Waals surface area contributed by atoms with Crippen LogP contribution in [0, 0.1) is 0 Å². The molecule has 4 aromatic rings. The predicted molar refractivity (Wildman–Crippen MR) is 109 cm³/mol. The summed E-state index contributed by atoms with van der Waals surface area (Å²) in [5, 5.41) is 5.80. The Hall–Kier alpha value is -4.36. The monoisotopic (exact) mass is 493 g/mol. The van der Waals surface area contributed by atoms with Crippen molar-refractivity contribution in [2.24, 2.45) is 0 Å². The van der Waals surface area contributed by atoms with E-state index in [1.165, 1.54) is 30.9 Å². The van der Waals surface area contributed by atoms with Crippen molar-refractivity contribution in [3.05, 3.63) is 72.8 Å². The van der Waals surface area contributed by atoms with Crippen LogP contribution in [-0.2, 0) is 23.7 Å². The van der Waals surface area contributed by atoms with Gasteiger partial charge in [0.25, 0.3) is 0 Å². The van der Waals surface area contributed by atoms with Gasteiger partial charge in [-0.05, 0) is 29.8 Å². The van der Waals surface area contributed by atoms with Crippen molar-refractivity contribution < 1.29 is 31.1 Å². The Bertz CT molecular complexity index is 1340. The van der Waals surface area contributed by atoms with Crippen molar-refractivity contribution in [1.29, 1.82) is 0 Å². The lowest BCUT2D eigenvalue weighted by molar-refractivity contribution is -0.141. The van der Waals surface area contributed by atoms with Crippen LogP contribution in [0.5, 0.6) is 0 Å². The fourth-order valence-electron chi connectivity index (χ4n) is 3.07. The number of rotatable bonds is 5. The van der Waals surface area contributed by atoms with E-state index >= 15 is 0 Å². The number of alkyl halides is 6. The Morgan fingerprint density at radius 1 is 0.886 bits per heavy atom. The summed E-state index contributed by atoms with van der Waals surface area (Å²) in [4.78, 5) is 27.6. The highest BCUT2D eigenvalue weighted by Crippen LogP contribution is 2.37. The highest BCUT2D eigenvalue weighted by molar-refractivity contribution is 5.89. The molecule has 0 saturated heterocycles. The Balaban J connectivity index is 1.54. The number of carbonyl (C=O) groups excluding carboxylic acids is 1. The first-order valence-electron chi connectivity index (χ1n) is 9.71. The standard InChI is InChI=1S/C21H13F6N7O/c22-20(23,24)16-7-12(3-4-30-16)14-10-34(33-19(14)21(25,26)27)11-18(35)32-17-2-1-13(8-31-17)15-9-28-5-6-29-15/h1-10H,11H2,(H,31,32,35). The molecule has 0 atom stereocenters. The third kappa shape index (κ3) is 5.59. The van der Waals surface area contributed by atoms with E-state index in [4.69, 9.17) is 0 Å². The zero-order valence-corrected chi connectivity index (χ0v) is 17.3. The number of hydrogen-bond acceptors (Lipinski definition) is 6. The quantitative estimate of drug-likeness (QED) is 0.412. The van der Waals surface area contributed by atoms with Crippen molar-refractivity contribution >= 4 is 11.7 Å². The molecule has 180 valence electrons. The first kappa shape index (κ1) is 23.8. The van der Waals surface area contributed by atoms with E-state index in [2.05, 4.69) is 30.4 Å². The van der Waals surface area contributed by atoms with Crippen LogP contribution in [-0.4, -0.2) is 35.6 Å². The fourth-order valence-corrected chi connectivity index (χ4v) is 3.07. The number of halogens is 6. The van der Waals surface area contributed by atoms with Gasteiger partial charge in [-0.3, -0.25) is 24.4 Å². The van der Waals surface area contributed by atoms with Crippen LogP contribution in [0.2, 0.25) is 0 Å². The number of pyridine rings is 2. The lowest BCUT2D eigenvalue weighted by Crippen LogP contribution is -2.20. The summed E-state index contributed by atoms with van der Waals surface area (Å²) in [6, 6.07) is 4.56. The van der Waals surface area contributed by atoms with Crippen molar-refractivity contribution in [1.82, 2.24) is 29.7 Å². The molecular formula is C21H13F6N7O. The van der Waals surface area contributed by atoms with Crippen LogP contribution in [0.25, 0.3) is 22.4 Å². The topological polar surface area (TPSA) is 98.5 Å². The summed E-state index contributed by atoms with van der Waals surface area (Å²) >= 11 is 0. The Morgan fingerprint density at radius 3 is 2.31 bits per heavy atom. The molecule has 0 aromatic carbocycles. The third-order valence-electron chi connectivity index (χ3n) is 4.59. The molecule has 1 N–H and O–H groups in total. The summed E-state index contributed by atoms with van der Waals surface area (Å²) in [5.41, 5.74) is -2.64. The van der Waals surface area contributed by atoms with Gasteiger partial charge < -0.3 is 5.32 Å². The van der Waals surface area contributed by atoms with Crippen LogP contribution in [0.15, 0.2) is 61.4 Å². The van der Waals surface area contributed by atoms with Gasteiger partial charge in [-0.15, -0.1) is 0 Å². The van der Waals surface area contributed by atoms with E-state index in [0.29, 0.717) is 22.0 Å². The summed E-state index contributed by atoms with van der Waals surface area (Å²) < 4.78 is 80.1. The SMILES string of the molecule is O=C(Cn1cc(-c2ccnc(C(F)(F)F)c2)c(C(F)(F)F)n1)Nc1ccc(-c2cnccn2)cn1. The lowest BCUT2D eigenvalue weighted by atomic mass is 10.1. The Kier molecular flexibility index (Phi) is 6.20. The molecule has 1 amide bonds. The maximum Gasteiger partial charge on any atom is 0.435 e. The summed E-state index contributed by atoms with van der Waals surface area (Å²) in [6.45, 7) is -0.645. The molecule has 0 fully saturated rings. The average Bonchev–Trinajstić information content (AvgIpc) is 3.24. The normalized spacial score (nSPS) is 11.9. The minimum atomic E-state index is -4.98. The zero-order chi connectivity index (χ0) is 25.2. The highest BCUT2D eigenvalue weighted by Gasteiger charge is 2.39. The van der Waals surface area contributed by atoms with E-state index in [0.717, 1.165) is 18.5 Å². The molecule has 4 heterocycles. The second-order valence-corrected chi connectivity index (χ2v) is 7.09. The van der Waals surface area contributed by atoms with Crippen LogP contribution in [0.3, 0.4) is 0 Å². The molecule has 0 aliphatic rings. The summed E-state index contributed by atoms with van der Waals surface area (Å²) in [6.07, 6.45) is -2.29. The minimum Gasteiger partial charge on any atom is -0.309 e. The molecule has 8 nitrogen and oxygen atoms in total. The van der Waals surface area contributed by atoms with Gasteiger partial charge in [-0.1, -0.05) is 0 Å². The van der Waals surface area contributed by atoms with Crippen LogP contribution < -0.4 is 5.32 Å². The van der Waals surface area contributed by atoms with E-state index in [1.54, 1.807) is 6.07 Å². The highest BCUT2D eigenvalue weighted by atomic mass is 19.4. The fraction of sp³-hybridized carbons (Fsp3) is 0.143. The van der Waals surface area contributed by atoms with E-state index in [-0.39, 0.29) is 5.82 Å². The maximum absolute atomic E-state index is 13.5. The minimum absolute atomic E-state index is 0.120.